The maximum atomic E-state index is 12.4. The predicted octanol–water partition coefficient (Wildman–Crippen LogP) is 3.07. The molecule has 4 nitrogen and oxygen atoms in total. The van der Waals surface area contributed by atoms with Crippen molar-refractivity contribution in [3.8, 4) is 5.75 Å². The first-order chi connectivity index (χ1) is 9.90. The Labute approximate surface area is 136 Å². The fourth-order valence-electron chi connectivity index (χ4n) is 1.83. The smallest absolute Gasteiger partial charge is 0.261 e. The quantitative estimate of drug-likeness (QED) is 0.821. The standard InChI is InChI=1S/C15H13BrN2O2S/c1-18(11-5-2-9(3-6-11)14(17)21)15(20)12-7-4-10(16)8-13(12)19/h2-8,19H,1H3,(H2,17,21). The van der Waals surface area contributed by atoms with Crippen molar-refractivity contribution in [1.82, 2.24) is 0 Å². The molecule has 0 fully saturated rings. The van der Waals surface area contributed by atoms with Gasteiger partial charge in [0.05, 0.1) is 5.56 Å². The molecule has 1 amide bonds. The average molecular weight is 365 g/mol. The molecule has 0 aliphatic carbocycles. The zero-order valence-corrected chi connectivity index (χ0v) is 13.6. The Bertz CT molecular complexity index is 701. The number of carbonyl (C=O) groups is 1. The van der Waals surface area contributed by atoms with Gasteiger partial charge in [-0.15, -0.1) is 0 Å². The topological polar surface area (TPSA) is 66.6 Å². The molecule has 0 atom stereocenters. The van der Waals surface area contributed by atoms with Crippen LogP contribution in [-0.2, 0) is 0 Å². The van der Waals surface area contributed by atoms with Crippen molar-refractivity contribution in [3.05, 3.63) is 58.1 Å². The molecular formula is C15H13BrN2O2S. The maximum Gasteiger partial charge on any atom is 0.261 e. The lowest BCUT2D eigenvalue weighted by Gasteiger charge is -2.18. The van der Waals surface area contributed by atoms with E-state index in [0.29, 0.717) is 15.1 Å². The normalized spacial score (nSPS) is 10.2. The molecule has 0 aliphatic rings. The Hall–Kier alpha value is -1.92. The summed E-state index contributed by atoms with van der Waals surface area (Å²) >= 11 is 8.13. The van der Waals surface area contributed by atoms with Crippen molar-refractivity contribution in [2.45, 2.75) is 0 Å². The van der Waals surface area contributed by atoms with Gasteiger partial charge in [0.1, 0.15) is 10.7 Å². The molecule has 0 saturated heterocycles. The number of rotatable bonds is 3. The number of halogens is 1. The summed E-state index contributed by atoms with van der Waals surface area (Å²) in [6.45, 7) is 0. The number of aromatic hydroxyl groups is 1. The first kappa shape index (κ1) is 15.5. The summed E-state index contributed by atoms with van der Waals surface area (Å²) in [5.74, 6) is -0.371. The highest BCUT2D eigenvalue weighted by molar-refractivity contribution is 9.10. The molecule has 0 bridgehead atoms. The number of hydrogen-bond acceptors (Lipinski definition) is 3. The van der Waals surface area contributed by atoms with Crippen molar-refractivity contribution in [2.24, 2.45) is 5.73 Å². The van der Waals surface area contributed by atoms with Gasteiger partial charge < -0.3 is 15.7 Å². The predicted molar refractivity (Wildman–Crippen MR) is 90.9 cm³/mol. The Morgan fingerprint density at radius 1 is 1.24 bits per heavy atom. The van der Waals surface area contributed by atoms with Gasteiger partial charge in [0.2, 0.25) is 0 Å². The second-order valence-electron chi connectivity index (χ2n) is 4.44. The third-order valence-electron chi connectivity index (χ3n) is 3.03. The highest BCUT2D eigenvalue weighted by Crippen LogP contribution is 2.25. The summed E-state index contributed by atoms with van der Waals surface area (Å²) in [6, 6.07) is 11.8. The minimum absolute atomic E-state index is 0.0685. The molecule has 0 saturated carbocycles. The Balaban J connectivity index is 2.28. The van der Waals surface area contributed by atoms with E-state index in [1.807, 2.05) is 0 Å². The lowest BCUT2D eigenvalue weighted by Crippen LogP contribution is -2.26. The van der Waals surface area contributed by atoms with Crippen molar-refractivity contribution in [3.63, 3.8) is 0 Å². The van der Waals surface area contributed by atoms with E-state index >= 15 is 0 Å². The molecule has 0 heterocycles. The number of phenolic OH excluding ortho intramolecular Hbond substituents is 1. The molecule has 2 rings (SSSR count). The molecule has 6 heteroatoms. The van der Waals surface area contributed by atoms with E-state index in [1.165, 1.54) is 11.0 Å². The Morgan fingerprint density at radius 3 is 2.38 bits per heavy atom. The van der Waals surface area contributed by atoms with Gasteiger partial charge in [0.25, 0.3) is 5.91 Å². The second kappa shape index (κ2) is 6.24. The lowest BCUT2D eigenvalue weighted by molar-refractivity contribution is 0.0990. The third kappa shape index (κ3) is 3.40. The van der Waals surface area contributed by atoms with Crippen LogP contribution in [0.4, 0.5) is 5.69 Å². The van der Waals surface area contributed by atoms with Gasteiger partial charge in [-0.3, -0.25) is 4.79 Å². The zero-order valence-electron chi connectivity index (χ0n) is 11.2. The molecule has 21 heavy (non-hydrogen) atoms. The fraction of sp³-hybridized carbons (Fsp3) is 0.0667. The van der Waals surface area contributed by atoms with E-state index < -0.39 is 0 Å². The highest BCUT2D eigenvalue weighted by Gasteiger charge is 2.17. The van der Waals surface area contributed by atoms with Crippen LogP contribution in [-0.4, -0.2) is 23.0 Å². The molecular weight excluding hydrogens is 352 g/mol. The minimum atomic E-state index is -0.303. The number of hydrogen-bond donors (Lipinski definition) is 2. The molecule has 3 N–H and O–H groups in total. The van der Waals surface area contributed by atoms with Crippen LogP contribution < -0.4 is 10.6 Å². The molecule has 0 aromatic heterocycles. The van der Waals surface area contributed by atoms with E-state index in [4.69, 9.17) is 18.0 Å². The van der Waals surface area contributed by atoms with E-state index in [9.17, 15) is 9.90 Å². The number of carbonyl (C=O) groups excluding carboxylic acids is 1. The molecule has 2 aromatic carbocycles. The zero-order chi connectivity index (χ0) is 15.6. The average Bonchev–Trinajstić information content (AvgIpc) is 2.46. The monoisotopic (exact) mass is 364 g/mol. The Kier molecular flexibility index (Phi) is 4.59. The van der Waals surface area contributed by atoms with Crippen LogP contribution in [0.25, 0.3) is 0 Å². The minimum Gasteiger partial charge on any atom is -0.507 e. The van der Waals surface area contributed by atoms with E-state index in [1.54, 1.807) is 43.4 Å². The van der Waals surface area contributed by atoms with Crippen LogP contribution in [0.15, 0.2) is 46.9 Å². The van der Waals surface area contributed by atoms with Gasteiger partial charge in [0.15, 0.2) is 0 Å². The summed E-state index contributed by atoms with van der Waals surface area (Å²) in [6.07, 6.45) is 0. The van der Waals surface area contributed by atoms with E-state index in [-0.39, 0.29) is 17.2 Å². The largest absolute Gasteiger partial charge is 0.507 e. The lowest BCUT2D eigenvalue weighted by atomic mass is 10.1. The third-order valence-corrected chi connectivity index (χ3v) is 3.76. The van der Waals surface area contributed by atoms with Crippen LogP contribution in [0.2, 0.25) is 0 Å². The number of amides is 1. The van der Waals surface area contributed by atoms with Crippen LogP contribution >= 0.6 is 28.1 Å². The van der Waals surface area contributed by atoms with Gasteiger partial charge in [-0.2, -0.15) is 0 Å². The van der Waals surface area contributed by atoms with Crippen LogP contribution in [0, 0.1) is 0 Å². The van der Waals surface area contributed by atoms with Crippen LogP contribution in [0.1, 0.15) is 15.9 Å². The SMILES string of the molecule is CN(C(=O)c1ccc(Br)cc1O)c1ccc(C(N)=S)cc1. The number of phenols is 1. The number of anilines is 1. The number of benzene rings is 2. The van der Waals surface area contributed by atoms with Crippen molar-refractivity contribution >= 4 is 44.7 Å². The summed E-state index contributed by atoms with van der Waals surface area (Å²) in [5.41, 5.74) is 7.19. The van der Waals surface area contributed by atoms with Crippen LogP contribution in [0.3, 0.4) is 0 Å². The summed E-state index contributed by atoms with van der Waals surface area (Å²) in [7, 11) is 1.64. The molecule has 108 valence electrons. The van der Waals surface area contributed by atoms with Gasteiger partial charge in [-0.05, 0) is 42.5 Å². The molecule has 2 aromatic rings. The fourth-order valence-corrected chi connectivity index (χ4v) is 2.32. The number of nitrogens with zero attached hydrogens (tertiary/aromatic N) is 1. The van der Waals surface area contributed by atoms with Crippen molar-refractivity contribution in [2.75, 3.05) is 11.9 Å². The van der Waals surface area contributed by atoms with Gasteiger partial charge in [0, 0.05) is 22.8 Å². The maximum absolute atomic E-state index is 12.4. The molecule has 0 unspecified atom stereocenters. The number of thiocarbonyl (C=S) groups is 1. The first-order valence-corrected chi connectivity index (χ1v) is 7.26. The summed E-state index contributed by atoms with van der Waals surface area (Å²) in [5, 5.41) is 9.86. The van der Waals surface area contributed by atoms with Crippen molar-refractivity contribution < 1.29 is 9.90 Å². The summed E-state index contributed by atoms with van der Waals surface area (Å²) < 4.78 is 0.708. The number of nitrogens with two attached hydrogens (primary N) is 1. The highest BCUT2D eigenvalue weighted by atomic mass is 79.9. The molecule has 0 aliphatic heterocycles. The molecule has 0 radical (unpaired) electrons. The van der Waals surface area contributed by atoms with E-state index in [0.717, 1.165) is 5.56 Å². The summed E-state index contributed by atoms with van der Waals surface area (Å²) in [4.78, 5) is 14.2. The second-order valence-corrected chi connectivity index (χ2v) is 5.79. The van der Waals surface area contributed by atoms with Gasteiger partial charge in [-0.25, -0.2) is 0 Å². The van der Waals surface area contributed by atoms with Gasteiger partial charge >= 0.3 is 0 Å². The van der Waals surface area contributed by atoms with Crippen LogP contribution in [0.5, 0.6) is 5.75 Å². The van der Waals surface area contributed by atoms with E-state index in [2.05, 4.69) is 15.9 Å². The van der Waals surface area contributed by atoms with Gasteiger partial charge in [-0.1, -0.05) is 28.1 Å². The first-order valence-electron chi connectivity index (χ1n) is 6.06. The Morgan fingerprint density at radius 2 is 1.86 bits per heavy atom. The van der Waals surface area contributed by atoms with Crippen molar-refractivity contribution in [1.29, 1.82) is 0 Å². The molecule has 0 spiro atoms.